The highest BCUT2D eigenvalue weighted by Crippen LogP contribution is 2.57. The predicted molar refractivity (Wildman–Crippen MR) is 64.8 cm³/mol. The van der Waals surface area contributed by atoms with Gasteiger partial charge in [0.15, 0.2) is 18.7 Å². The lowest BCUT2D eigenvalue weighted by Crippen LogP contribution is -2.08. The van der Waals surface area contributed by atoms with Gasteiger partial charge in [-0.25, -0.2) is 5.32 Å². The summed E-state index contributed by atoms with van der Waals surface area (Å²) in [5.74, 6) is 0. The number of nitrogens with one attached hydrogen (secondary N) is 1. The lowest BCUT2D eigenvalue weighted by molar-refractivity contribution is 0.252. The Morgan fingerprint density at radius 2 is 1.47 bits per heavy atom. The summed E-state index contributed by atoms with van der Waals surface area (Å²) in [6, 6.07) is 0. The quantitative estimate of drug-likeness (QED) is 0.446. The summed E-state index contributed by atoms with van der Waals surface area (Å²) in [5.41, 5.74) is 0. The first-order valence-electron chi connectivity index (χ1n) is 5.03. The van der Waals surface area contributed by atoms with E-state index in [2.05, 4.69) is 20.8 Å². The Hall–Kier alpha value is -0.830. The lowest BCUT2D eigenvalue weighted by atomic mass is 10.9. The van der Waals surface area contributed by atoms with E-state index in [4.69, 9.17) is 15.3 Å². The molecule has 0 bridgehead atoms. The van der Waals surface area contributed by atoms with Gasteiger partial charge in [0.2, 0.25) is 0 Å². The van der Waals surface area contributed by atoms with Crippen molar-refractivity contribution in [2.24, 2.45) is 0 Å². The van der Waals surface area contributed by atoms with Crippen LogP contribution in [0.3, 0.4) is 0 Å². The molecule has 0 aromatic carbocycles. The molecule has 0 radical (unpaired) electrons. The Labute approximate surface area is 93.6 Å². The van der Waals surface area contributed by atoms with Gasteiger partial charge in [-0.1, -0.05) is 0 Å². The Morgan fingerprint density at radius 1 is 1.07 bits per heavy atom. The minimum Gasteiger partial charge on any atom is -0.350 e. The number of nitriles is 2. The average Bonchev–Trinajstić information content (AvgIpc) is 2.28. The van der Waals surface area contributed by atoms with Gasteiger partial charge in [-0.3, -0.25) is 0 Å². The maximum atomic E-state index is 7.48. The molecule has 86 valence electrons. The third-order valence-electron chi connectivity index (χ3n) is 2.53. The topological polar surface area (TPSA) is 68.8 Å². The highest BCUT2D eigenvalue weighted by molar-refractivity contribution is 7.75. The van der Waals surface area contributed by atoms with Crippen molar-refractivity contribution < 1.29 is 4.74 Å². The summed E-state index contributed by atoms with van der Waals surface area (Å²) in [6.45, 7) is 6.87. The van der Waals surface area contributed by atoms with E-state index in [-0.39, 0.29) is 0 Å². The van der Waals surface area contributed by atoms with Gasteiger partial charge in [0, 0.05) is 14.4 Å². The number of nitrogens with zero attached hydrogens (tertiary/aromatic N) is 2. The monoisotopic (exact) mass is 230 g/mol. The van der Waals surface area contributed by atoms with Crippen LogP contribution in [-0.4, -0.2) is 31.9 Å². The van der Waals surface area contributed by atoms with E-state index in [1.807, 2.05) is 7.11 Å². The second-order valence-corrected chi connectivity index (χ2v) is 7.90. The van der Waals surface area contributed by atoms with E-state index in [1.165, 1.54) is 30.9 Å². The molecule has 0 saturated heterocycles. The van der Waals surface area contributed by atoms with Crippen LogP contribution in [0.15, 0.2) is 0 Å². The highest BCUT2D eigenvalue weighted by atomic mass is 31.2. The molecule has 0 aliphatic carbocycles. The largest absolute Gasteiger partial charge is 0.350 e. The van der Waals surface area contributed by atoms with Gasteiger partial charge in [0.05, 0.1) is 18.5 Å². The molecule has 0 unspecified atom stereocenters. The van der Waals surface area contributed by atoms with Gasteiger partial charge in [0.1, 0.15) is 0 Å². The summed E-state index contributed by atoms with van der Waals surface area (Å²) < 4.78 is 5.23. The van der Waals surface area contributed by atoms with Crippen LogP contribution in [0.4, 0.5) is 0 Å². The Morgan fingerprint density at radius 3 is 1.53 bits per heavy atom. The van der Waals surface area contributed by atoms with Crippen LogP contribution in [-0.2, 0) is 4.74 Å². The molecule has 0 aromatic heterocycles. The molecule has 0 aliphatic heterocycles. The SMILES string of the molecule is CC[P+](CC)(CC)COC.N#CNC#N. The smallest absolute Gasteiger partial charge is 0.190 e. The van der Waals surface area contributed by atoms with Crippen molar-refractivity contribution in [3.05, 3.63) is 0 Å². The predicted octanol–water partition coefficient (Wildman–Crippen LogP) is 2.21. The Bertz CT molecular complexity index is 195. The zero-order valence-corrected chi connectivity index (χ0v) is 11.0. The molecular weight excluding hydrogens is 209 g/mol. The molecule has 0 fully saturated rings. The summed E-state index contributed by atoms with van der Waals surface area (Å²) in [4.78, 5) is 0. The maximum Gasteiger partial charge on any atom is 0.190 e. The third kappa shape index (κ3) is 8.18. The molecule has 0 heterocycles. The normalized spacial score (nSPS) is 9.20. The average molecular weight is 230 g/mol. The molecule has 0 rings (SSSR count). The van der Waals surface area contributed by atoms with Crippen molar-refractivity contribution in [3.8, 4) is 12.4 Å². The van der Waals surface area contributed by atoms with Crippen molar-refractivity contribution in [2.45, 2.75) is 20.8 Å². The van der Waals surface area contributed by atoms with Crippen molar-refractivity contribution in [1.29, 1.82) is 10.5 Å². The van der Waals surface area contributed by atoms with E-state index in [9.17, 15) is 0 Å². The molecule has 0 spiro atoms. The molecule has 0 aromatic rings. The summed E-state index contributed by atoms with van der Waals surface area (Å²) in [7, 11) is 1.15. The first-order chi connectivity index (χ1) is 7.16. The molecule has 0 aliphatic rings. The summed E-state index contributed by atoms with van der Waals surface area (Å²) >= 11 is 0. The fourth-order valence-corrected chi connectivity index (χ4v) is 3.68. The molecule has 0 saturated carbocycles. The van der Waals surface area contributed by atoms with Crippen LogP contribution in [0.25, 0.3) is 0 Å². The van der Waals surface area contributed by atoms with Crippen molar-refractivity contribution in [1.82, 2.24) is 5.32 Å². The highest BCUT2D eigenvalue weighted by Gasteiger charge is 2.30. The second kappa shape index (κ2) is 11.2. The lowest BCUT2D eigenvalue weighted by Gasteiger charge is -2.21. The molecule has 1 N–H and O–H groups in total. The van der Waals surface area contributed by atoms with Crippen LogP contribution in [0, 0.1) is 22.9 Å². The van der Waals surface area contributed by atoms with Crippen molar-refractivity contribution >= 4 is 7.26 Å². The summed E-state index contributed by atoms with van der Waals surface area (Å²) in [5, 5.41) is 16.7. The fraction of sp³-hybridized carbons (Fsp3) is 0.800. The minimum absolute atomic E-state index is 0.661. The minimum atomic E-state index is -0.661. The number of ether oxygens (including phenoxy) is 1. The van der Waals surface area contributed by atoms with Gasteiger partial charge < -0.3 is 4.74 Å². The molecular formula is C10H21N3OP+. The number of hydrogen-bond acceptors (Lipinski definition) is 4. The van der Waals surface area contributed by atoms with E-state index >= 15 is 0 Å². The van der Waals surface area contributed by atoms with Gasteiger partial charge >= 0.3 is 0 Å². The van der Waals surface area contributed by atoms with Gasteiger partial charge in [0.25, 0.3) is 0 Å². The van der Waals surface area contributed by atoms with Crippen molar-refractivity contribution in [3.63, 3.8) is 0 Å². The molecule has 15 heavy (non-hydrogen) atoms. The molecule has 4 nitrogen and oxygen atoms in total. The van der Waals surface area contributed by atoms with Crippen LogP contribution >= 0.6 is 7.26 Å². The number of methoxy groups -OCH3 is 1. The van der Waals surface area contributed by atoms with Crippen molar-refractivity contribution in [2.75, 3.05) is 31.9 Å². The third-order valence-corrected chi connectivity index (χ3v) is 7.36. The summed E-state index contributed by atoms with van der Waals surface area (Å²) in [6.07, 6.45) is 7.86. The zero-order chi connectivity index (χ0) is 12.2. The van der Waals surface area contributed by atoms with E-state index in [1.54, 1.807) is 5.32 Å². The van der Waals surface area contributed by atoms with Crippen LogP contribution in [0.1, 0.15) is 20.8 Å². The van der Waals surface area contributed by atoms with Crippen LogP contribution < -0.4 is 5.32 Å². The van der Waals surface area contributed by atoms with E-state index < -0.39 is 7.26 Å². The maximum absolute atomic E-state index is 7.48. The fourth-order valence-electron chi connectivity index (χ4n) is 1.24. The standard InChI is InChI=1S/C8H20OP.C2HN3/c1-5-10(6-2,7-3)8-9-4;3-1-5-2-4/h5-8H2,1-4H3;5H/q+1;. The van der Waals surface area contributed by atoms with Gasteiger partial charge in [-0.2, -0.15) is 10.5 Å². The number of rotatable bonds is 5. The van der Waals surface area contributed by atoms with E-state index in [0.717, 1.165) is 6.35 Å². The van der Waals surface area contributed by atoms with Crippen LogP contribution in [0.2, 0.25) is 0 Å². The number of hydrogen-bond donors (Lipinski definition) is 1. The van der Waals surface area contributed by atoms with E-state index in [0.29, 0.717) is 0 Å². The first-order valence-corrected chi connectivity index (χ1v) is 7.56. The van der Waals surface area contributed by atoms with Gasteiger partial charge in [-0.15, -0.1) is 0 Å². The van der Waals surface area contributed by atoms with Crippen LogP contribution in [0.5, 0.6) is 0 Å². The van der Waals surface area contributed by atoms with Gasteiger partial charge in [-0.05, 0) is 20.8 Å². The Balaban J connectivity index is 0. The zero-order valence-electron chi connectivity index (χ0n) is 10.1. The molecule has 0 atom stereocenters. The Kier molecular flexibility index (Phi) is 12.4. The molecule has 0 amide bonds. The second-order valence-electron chi connectivity index (χ2n) is 3.06. The molecule has 5 heteroatoms. The first kappa shape index (κ1) is 16.6.